The van der Waals surface area contributed by atoms with E-state index in [4.69, 9.17) is 5.73 Å². The Balaban J connectivity index is 0.00000176. The molecule has 0 unspecified atom stereocenters. The van der Waals surface area contributed by atoms with E-state index >= 15 is 0 Å². The second kappa shape index (κ2) is 7.33. The zero-order chi connectivity index (χ0) is 14.7. The second-order valence-corrected chi connectivity index (χ2v) is 5.20. The van der Waals surface area contributed by atoms with Crippen LogP contribution in [0.25, 0.3) is 11.4 Å². The van der Waals surface area contributed by atoms with Crippen molar-refractivity contribution in [2.75, 3.05) is 11.9 Å². The Bertz CT molecular complexity index is 640. The quantitative estimate of drug-likeness (QED) is 0.844. The van der Waals surface area contributed by atoms with Gasteiger partial charge >= 0.3 is 0 Å². The maximum atomic E-state index is 11.7. The summed E-state index contributed by atoms with van der Waals surface area (Å²) in [4.78, 5) is 11.7. The summed E-state index contributed by atoms with van der Waals surface area (Å²) in [6, 6.07) is 8.00. The standard InChI is InChI=1S/C14H18N6O.ClH/c15-8-2-5-13(21)16-11-4-1-3-10(9-11)14-17-18-19-20(14)12-6-7-12;/h1,3-4,9,12H,2,5-8,15H2,(H,16,21);1H. The Morgan fingerprint density at radius 2 is 2.23 bits per heavy atom. The summed E-state index contributed by atoms with van der Waals surface area (Å²) >= 11 is 0. The van der Waals surface area contributed by atoms with Crippen molar-refractivity contribution in [3.05, 3.63) is 24.3 Å². The monoisotopic (exact) mass is 322 g/mol. The molecule has 8 heteroatoms. The van der Waals surface area contributed by atoms with Gasteiger partial charge < -0.3 is 11.1 Å². The molecule has 7 nitrogen and oxygen atoms in total. The Morgan fingerprint density at radius 1 is 1.41 bits per heavy atom. The van der Waals surface area contributed by atoms with E-state index < -0.39 is 0 Å². The van der Waals surface area contributed by atoms with Crippen molar-refractivity contribution in [2.24, 2.45) is 5.73 Å². The number of benzene rings is 1. The van der Waals surface area contributed by atoms with Gasteiger partial charge in [-0.15, -0.1) is 17.5 Å². The summed E-state index contributed by atoms with van der Waals surface area (Å²) in [5, 5.41) is 14.8. The lowest BCUT2D eigenvalue weighted by Gasteiger charge is -2.07. The molecule has 0 radical (unpaired) electrons. The van der Waals surface area contributed by atoms with Gasteiger partial charge in [0.05, 0.1) is 6.04 Å². The first-order chi connectivity index (χ1) is 10.3. The van der Waals surface area contributed by atoms with Gasteiger partial charge in [0, 0.05) is 17.7 Å². The highest BCUT2D eigenvalue weighted by molar-refractivity contribution is 5.91. The molecule has 22 heavy (non-hydrogen) atoms. The van der Waals surface area contributed by atoms with Gasteiger partial charge in [-0.3, -0.25) is 4.79 Å². The molecule has 0 bridgehead atoms. The summed E-state index contributed by atoms with van der Waals surface area (Å²) in [6.07, 6.45) is 3.35. The fraction of sp³-hybridized carbons (Fsp3) is 0.429. The summed E-state index contributed by atoms with van der Waals surface area (Å²) in [5.41, 5.74) is 7.06. The number of tetrazole rings is 1. The number of carbonyl (C=O) groups excluding carboxylic acids is 1. The van der Waals surface area contributed by atoms with Gasteiger partial charge in [-0.2, -0.15) is 0 Å². The average Bonchev–Trinajstić information content (AvgIpc) is 3.22. The Kier molecular flexibility index (Phi) is 5.46. The molecule has 2 aromatic rings. The summed E-state index contributed by atoms with van der Waals surface area (Å²) in [5.74, 6) is 0.718. The Morgan fingerprint density at radius 3 is 2.95 bits per heavy atom. The van der Waals surface area contributed by atoms with Crippen molar-refractivity contribution in [1.82, 2.24) is 20.2 Å². The number of nitrogens with one attached hydrogen (secondary N) is 1. The van der Waals surface area contributed by atoms with Gasteiger partial charge in [0.15, 0.2) is 5.82 Å². The average molecular weight is 323 g/mol. The van der Waals surface area contributed by atoms with Crippen LogP contribution in [-0.2, 0) is 4.79 Å². The molecule has 1 aromatic heterocycles. The fourth-order valence-corrected chi connectivity index (χ4v) is 2.17. The number of aromatic nitrogens is 4. The first kappa shape index (κ1) is 16.4. The van der Waals surface area contributed by atoms with Gasteiger partial charge in [0.25, 0.3) is 0 Å². The number of anilines is 1. The number of hydrogen-bond acceptors (Lipinski definition) is 5. The van der Waals surface area contributed by atoms with Gasteiger partial charge in [0.2, 0.25) is 5.91 Å². The van der Waals surface area contributed by atoms with E-state index in [0.29, 0.717) is 25.4 Å². The van der Waals surface area contributed by atoms with Crippen LogP contribution in [0.15, 0.2) is 24.3 Å². The van der Waals surface area contributed by atoms with Crippen LogP contribution in [-0.4, -0.2) is 32.7 Å². The van der Waals surface area contributed by atoms with E-state index in [2.05, 4.69) is 20.8 Å². The first-order valence-corrected chi connectivity index (χ1v) is 7.16. The third-order valence-corrected chi connectivity index (χ3v) is 3.40. The fourth-order valence-electron chi connectivity index (χ4n) is 2.17. The zero-order valence-electron chi connectivity index (χ0n) is 12.1. The number of hydrogen-bond donors (Lipinski definition) is 2. The highest BCUT2D eigenvalue weighted by Gasteiger charge is 2.28. The molecule has 0 spiro atoms. The topological polar surface area (TPSA) is 98.7 Å². The normalized spacial score (nSPS) is 13.5. The molecule has 0 atom stereocenters. The lowest BCUT2D eigenvalue weighted by molar-refractivity contribution is -0.116. The minimum atomic E-state index is -0.0283. The molecular weight excluding hydrogens is 304 g/mol. The van der Waals surface area contributed by atoms with Gasteiger partial charge in [0.1, 0.15) is 0 Å². The van der Waals surface area contributed by atoms with Crippen LogP contribution in [0.5, 0.6) is 0 Å². The van der Waals surface area contributed by atoms with Crippen LogP contribution in [0.1, 0.15) is 31.7 Å². The Labute approximate surface area is 134 Å². The van der Waals surface area contributed by atoms with Crippen LogP contribution in [0.4, 0.5) is 5.69 Å². The predicted molar refractivity (Wildman–Crippen MR) is 85.7 cm³/mol. The molecule has 3 rings (SSSR count). The predicted octanol–water partition coefficient (Wildman–Crippen LogP) is 1.77. The molecular formula is C14H19ClN6O. The minimum Gasteiger partial charge on any atom is -0.330 e. The van der Waals surface area contributed by atoms with Crippen molar-refractivity contribution >= 4 is 24.0 Å². The van der Waals surface area contributed by atoms with E-state index in [-0.39, 0.29) is 18.3 Å². The van der Waals surface area contributed by atoms with E-state index in [0.717, 1.165) is 29.9 Å². The van der Waals surface area contributed by atoms with Crippen molar-refractivity contribution in [3.63, 3.8) is 0 Å². The second-order valence-electron chi connectivity index (χ2n) is 5.20. The maximum absolute atomic E-state index is 11.7. The molecule has 0 aliphatic heterocycles. The van der Waals surface area contributed by atoms with Crippen LogP contribution >= 0.6 is 12.4 Å². The molecule has 1 aromatic carbocycles. The van der Waals surface area contributed by atoms with Crippen LogP contribution in [0, 0.1) is 0 Å². The van der Waals surface area contributed by atoms with Crippen molar-refractivity contribution < 1.29 is 4.79 Å². The number of halogens is 1. The SMILES string of the molecule is Cl.NCCCC(=O)Nc1cccc(-c2nnnn2C2CC2)c1. The Hall–Kier alpha value is -1.99. The van der Waals surface area contributed by atoms with E-state index in [9.17, 15) is 4.79 Å². The largest absolute Gasteiger partial charge is 0.330 e. The summed E-state index contributed by atoms with van der Waals surface area (Å²) < 4.78 is 1.86. The molecule has 1 saturated carbocycles. The first-order valence-electron chi connectivity index (χ1n) is 7.16. The third-order valence-electron chi connectivity index (χ3n) is 3.40. The van der Waals surface area contributed by atoms with Crippen LogP contribution in [0.3, 0.4) is 0 Å². The molecule has 1 aliphatic rings. The lowest BCUT2D eigenvalue weighted by atomic mass is 10.2. The molecule has 1 fully saturated rings. The zero-order valence-corrected chi connectivity index (χ0v) is 12.9. The third kappa shape index (κ3) is 3.80. The molecule has 1 aliphatic carbocycles. The number of rotatable bonds is 6. The van der Waals surface area contributed by atoms with E-state index in [1.165, 1.54) is 0 Å². The van der Waals surface area contributed by atoms with E-state index in [1.54, 1.807) is 0 Å². The van der Waals surface area contributed by atoms with Gasteiger partial charge in [-0.25, -0.2) is 4.68 Å². The number of nitrogens with two attached hydrogens (primary N) is 1. The van der Waals surface area contributed by atoms with Crippen molar-refractivity contribution in [2.45, 2.75) is 31.7 Å². The van der Waals surface area contributed by atoms with Crippen LogP contribution < -0.4 is 11.1 Å². The highest BCUT2D eigenvalue weighted by Crippen LogP contribution is 2.36. The minimum absolute atomic E-state index is 0. The summed E-state index contributed by atoms with van der Waals surface area (Å²) in [6.45, 7) is 0.517. The molecule has 0 saturated heterocycles. The van der Waals surface area contributed by atoms with Crippen molar-refractivity contribution in [1.29, 1.82) is 0 Å². The molecule has 1 heterocycles. The van der Waals surface area contributed by atoms with Gasteiger partial charge in [-0.05, 0) is 48.4 Å². The van der Waals surface area contributed by atoms with Crippen molar-refractivity contribution in [3.8, 4) is 11.4 Å². The molecule has 1 amide bonds. The number of amides is 1. The number of nitrogens with zero attached hydrogens (tertiary/aromatic N) is 4. The highest BCUT2D eigenvalue weighted by atomic mass is 35.5. The van der Waals surface area contributed by atoms with E-state index in [1.807, 2.05) is 28.9 Å². The smallest absolute Gasteiger partial charge is 0.224 e. The lowest BCUT2D eigenvalue weighted by Crippen LogP contribution is -2.13. The van der Waals surface area contributed by atoms with Crippen LogP contribution in [0.2, 0.25) is 0 Å². The maximum Gasteiger partial charge on any atom is 0.224 e. The molecule has 3 N–H and O–H groups in total. The number of carbonyl (C=O) groups is 1. The molecule has 118 valence electrons. The van der Waals surface area contributed by atoms with Gasteiger partial charge in [-0.1, -0.05) is 12.1 Å². The summed E-state index contributed by atoms with van der Waals surface area (Å²) in [7, 11) is 0.